The van der Waals surface area contributed by atoms with E-state index in [0.717, 1.165) is 10.5 Å². The zero-order valence-corrected chi connectivity index (χ0v) is 26.9. The van der Waals surface area contributed by atoms with Crippen molar-refractivity contribution in [3.05, 3.63) is 156 Å². The van der Waals surface area contributed by atoms with Crippen LogP contribution in [-0.2, 0) is 9.59 Å². The van der Waals surface area contributed by atoms with Crippen LogP contribution in [0.2, 0.25) is 0 Å². The highest BCUT2D eigenvalue weighted by Gasteiger charge is 2.23. The van der Waals surface area contributed by atoms with Crippen LogP contribution in [0.3, 0.4) is 0 Å². The summed E-state index contributed by atoms with van der Waals surface area (Å²) in [5.41, 5.74) is 2.16. The molecule has 0 radical (unpaired) electrons. The summed E-state index contributed by atoms with van der Waals surface area (Å²) >= 11 is 1.28. The number of para-hydroxylation sites is 2. The Hall–Kier alpha value is -5.87. The van der Waals surface area contributed by atoms with Crippen molar-refractivity contribution in [2.75, 3.05) is 24.9 Å². The van der Waals surface area contributed by atoms with E-state index in [9.17, 15) is 18.8 Å². The van der Waals surface area contributed by atoms with Crippen molar-refractivity contribution in [1.29, 1.82) is 0 Å². The third-order valence-electron chi connectivity index (χ3n) is 7.10. The molecule has 1 atom stereocenters. The van der Waals surface area contributed by atoms with E-state index in [-0.39, 0.29) is 17.3 Å². The lowest BCUT2D eigenvalue weighted by molar-refractivity contribution is -0.116. The summed E-state index contributed by atoms with van der Waals surface area (Å²) in [6, 6.07) is 35.9. The van der Waals surface area contributed by atoms with Crippen molar-refractivity contribution in [1.82, 2.24) is 5.32 Å². The largest absolute Gasteiger partial charge is 0.493 e. The van der Waals surface area contributed by atoms with Gasteiger partial charge in [-0.15, -0.1) is 11.8 Å². The minimum Gasteiger partial charge on any atom is -0.493 e. The molecule has 0 aliphatic rings. The predicted molar refractivity (Wildman–Crippen MR) is 187 cm³/mol. The molecule has 0 saturated carbocycles. The average Bonchev–Trinajstić information content (AvgIpc) is 3.12. The number of carbonyl (C=O) groups is 3. The van der Waals surface area contributed by atoms with Crippen LogP contribution in [0, 0.1) is 5.82 Å². The van der Waals surface area contributed by atoms with Crippen LogP contribution >= 0.6 is 11.8 Å². The molecule has 1 unspecified atom stereocenters. The topological polar surface area (TPSA) is 106 Å². The summed E-state index contributed by atoms with van der Waals surface area (Å²) < 4.78 is 25.2. The fraction of sp³-hybridized carbons (Fsp3) is 0.0789. The maximum atomic E-state index is 14.3. The molecule has 242 valence electrons. The number of anilines is 2. The van der Waals surface area contributed by atoms with Crippen LogP contribution in [0.15, 0.2) is 138 Å². The van der Waals surface area contributed by atoms with Gasteiger partial charge < -0.3 is 25.4 Å². The van der Waals surface area contributed by atoms with Crippen LogP contribution in [0.25, 0.3) is 6.08 Å². The van der Waals surface area contributed by atoms with Crippen molar-refractivity contribution < 1.29 is 28.2 Å². The lowest BCUT2D eigenvalue weighted by atomic mass is 10.1. The predicted octanol–water partition coefficient (Wildman–Crippen LogP) is 7.72. The fourth-order valence-electron chi connectivity index (χ4n) is 4.74. The number of ether oxygens (including phenoxy) is 2. The molecular weight excluding hydrogens is 629 g/mol. The molecule has 10 heteroatoms. The Morgan fingerprint density at radius 1 is 0.729 bits per heavy atom. The third-order valence-corrected chi connectivity index (χ3v) is 8.37. The number of benzene rings is 5. The summed E-state index contributed by atoms with van der Waals surface area (Å²) in [7, 11) is 3.00. The molecular formula is C38H32FN3O5S. The maximum Gasteiger partial charge on any atom is 0.272 e. The molecule has 0 fully saturated rings. The molecule has 0 aromatic heterocycles. The Balaban J connectivity index is 1.37. The van der Waals surface area contributed by atoms with E-state index in [1.165, 1.54) is 44.2 Å². The van der Waals surface area contributed by atoms with Crippen molar-refractivity contribution in [3.63, 3.8) is 0 Å². The third kappa shape index (κ3) is 8.48. The van der Waals surface area contributed by atoms with Crippen LogP contribution in [-0.4, -0.2) is 31.9 Å². The van der Waals surface area contributed by atoms with E-state index in [2.05, 4.69) is 16.0 Å². The molecule has 0 aliphatic heterocycles. The Morgan fingerprint density at radius 3 is 2.06 bits per heavy atom. The van der Waals surface area contributed by atoms with E-state index in [1.807, 2.05) is 30.3 Å². The van der Waals surface area contributed by atoms with Gasteiger partial charge in [0.05, 0.1) is 19.9 Å². The summed E-state index contributed by atoms with van der Waals surface area (Å²) in [5.74, 6) is -1.09. The standard InChI is InChI=1S/C38H32FN3O5S/c1-46-33-19-11-16-27(34(33)47-2)24-32(42-36(43)26-14-7-4-8-15-26)37(44)40-28-20-22-29(23-21-28)48-35(25-12-5-3-6-13-25)38(45)41-31-18-10-9-17-30(31)39/h3-24,35H,1-2H3,(H,40,44)(H,41,45)(H,42,43)/b32-24-. The Bertz CT molecular complexity index is 1920. The van der Waals surface area contributed by atoms with Crippen LogP contribution in [0.4, 0.5) is 15.8 Å². The van der Waals surface area contributed by atoms with Crippen molar-refractivity contribution in [2.45, 2.75) is 10.1 Å². The van der Waals surface area contributed by atoms with E-state index < -0.39 is 22.9 Å². The van der Waals surface area contributed by atoms with Gasteiger partial charge in [-0.05, 0) is 66.2 Å². The first-order valence-corrected chi connectivity index (χ1v) is 15.7. The maximum absolute atomic E-state index is 14.3. The molecule has 5 aromatic carbocycles. The number of methoxy groups -OCH3 is 2. The van der Waals surface area contributed by atoms with Gasteiger partial charge in [-0.2, -0.15) is 0 Å². The van der Waals surface area contributed by atoms with Crippen molar-refractivity contribution >= 4 is 46.9 Å². The smallest absolute Gasteiger partial charge is 0.272 e. The van der Waals surface area contributed by atoms with Gasteiger partial charge in [0.15, 0.2) is 11.5 Å². The Morgan fingerprint density at radius 2 is 1.40 bits per heavy atom. The highest BCUT2D eigenvalue weighted by Crippen LogP contribution is 2.37. The van der Waals surface area contributed by atoms with E-state index in [0.29, 0.717) is 28.3 Å². The molecule has 0 saturated heterocycles. The molecule has 3 N–H and O–H groups in total. The van der Waals surface area contributed by atoms with Gasteiger partial charge in [0, 0.05) is 21.7 Å². The van der Waals surface area contributed by atoms with Crippen LogP contribution in [0.5, 0.6) is 11.5 Å². The zero-order valence-electron chi connectivity index (χ0n) is 26.1. The normalized spacial score (nSPS) is 11.6. The van der Waals surface area contributed by atoms with Crippen molar-refractivity contribution in [2.24, 2.45) is 0 Å². The zero-order chi connectivity index (χ0) is 33.9. The number of halogens is 1. The fourth-order valence-corrected chi connectivity index (χ4v) is 5.76. The number of carbonyl (C=O) groups excluding carboxylic acids is 3. The number of hydrogen-bond donors (Lipinski definition) is 3. The minimum atomic E-state index is -0.688. The number of nitrogens with one attached hydrogen (secondary N) is 3. The molecule has 0 aliphatic carbocycles. The molecule has 0 heterocycles. The van der Waals surface area contributed by atoms with Gasteiger partial charge in [0.25, 0.3) is 11.8 Å². The Kier molecular flexibility index (Phi) is 11.2. The number of amides is 3. The summed E-state index contributed by atoms with van der Waals surface area (Å²) in [6.45, 7) is 0. The van der Waals surface area contributed by atoms with Gasteiger partial charge in [-0.3, -0.25) is 14.4 Å². The summed E-state index contributed by atoms with van der Waals surface area (Å²) in [5, 5.41) is 7.56. The first-order chi connectivity index (χ1) is 23.4. The van der Waals surface area contributed by atoms with E-state index >= 15 is 0 Å². The lowest BCUT2D eigenvalue weighted by Gasteiger charge is -2.18. The van der Waals surface area contributed by atoms with Gasteiger partial charge >= 0.3 is 0 Å². The highest BCUT2D eigenvalue weighted by molar-refractivity contribution is 8.00. The molecule has 48 heavy (non-hydrogen) atoms. The SMILES string of the molecule is COc1cccc(/C=C(\NC(=O)c2ccccc2)C(=O)Nc2ccc(SC(C(=O)Nc3ccccc3F)c3ccccc3)cc2)c1OC. The first kappa shape index (κ1) is 33.5. The monoisotopic (exact) mass is 661 g/mol. The van der Waals surface area contributed by atoms with E-state index in [1.54, 1.807) is 84.9 Å². The van der Waals surface area contributed by atoms with E-state index in [4.69, 9.17) is 9.47 Å². The van der Waals surface area contributed by atoms with Crippen LogP contribution < -0.4 is 25.4 Å². The second-order valence-corrected chi connectivity index (χ2v) is 11.5. The molecule has 5 aromatic rings. The van der Waals surface area contributed by atoms with Crippen molar-refractivity contribution in [3.8, 4) is 11.5 Å². The number of thioether (sulfide) groups is 1. The van der Waals surface area contributed by atoms with Gasteiger partial charge in [-0.1, -0.05) is 72.8 Å². The molecule has 3 amide bonds. The molecule has 0 spiro atoms. The first-order valence-electron chi connectivity index (χ1n) is 14.8. The Labute approximate surface area is 282 Å². The second kappa shape index (κ2) is 16.1. The minimum absolute atomic E-state index is 0.0252. The van der Waals surface area contributed by atoms with Gasteiger partial charge in [0.2, 0.25) is 5.91 Å². The average molecular weight is 662 g/mol. The molecule has 8 nitrogen and oxygen atoms in total. The highest BCUT2D eigenvalue weighted by atomic mass is 32.2. The van der Waals surface area contributed by atoms with Crippen LogP contribution in [0.1, 0.15) is 26.7 Å². The number of hydrogen-bond acceptors (Lipinski definition) is 6. The molecule has 5 rings (SSSR count). The van der Waals surface area contributed by atoms with Gasteiger partial charge in [-0.25, -0.2) is 4.39 Å². The molecule has 0 bridgehead atoms. The van der Waals surface area contributed by atoms with Gasteiger partial charge in [0.1, 0.15) is 16.8 Å². The second-order valence-electron chi connectivity index (χ2n) is 10.3. The lowest BCUT2D eigenvalue weighted by Crippen LogP contribution is -2.30. The summed E-state index contributed by atoms with van der Waals surface area (Å²) in [6.07, 6.45) is 1.51. The number of rotatable bonds is 12. The summed E-state index contributed by atoms with van der Waals surface area (Å²) in [4.78, 5) is 40.8. The quantitative estimate of drug-likeness (QED) is 0.0934.